The van der Waals surface area contributed by atoms with Crippen LogP contribution in [-0.4, -0.2) is 30.1 Å². The van der Waals surface area contributed by atoms with Crippen LogP contribution >= 0.6 is 27.5 Å². The first kappa shape index (κ1) is 14.3. The topological polar surface area (TPSA) is 49.3 Å². The summed E-state index contributed by atoms with van der Waals surface area (Å²) in [5, 5.41) is 10.7. The van der Waals surface area contributed by atoms with Gasteiger partial charge in [-0.2, -0.15) is 0 Å². The van der Waals surface area contributed by atoms with Gasteiger partial charge in [0, 0.05) is 15.1 Å². The molecule has 0 unspecified atom stereocenters. The zero-order chi connectivity index (χ0) is 13.1. The van der Waals surface area contributed by atoms with Crippen LogP contribution in [0.2, 0.25) is 5.02 Å². The first-order chi connectivity index (χ1) is 7.84. The zero-order valence-electron chi connectivity index (χ0n) is 8.51. The van der Waals surface area contributed by atoms with Gasteiger partial charge >= 0.3 is 0 Å². The Bertz CT molecular complexity index is 409. The third-order valence-corrected chi connectivity index (χ3v) is 2.54. The summed E-state index contributed by atoms with van der Waals surface area (Å²) in [6.45, 7) is -2.24. The molecule has 17 heavy (non-hydrogen) atoms. The van der Waals surface area contributed by atoms with E-state index >= 15 is 0 Å². The Morgan fingerprint density at radius 2 is 2.12 bits per heavy atom. The fraction of sp³-hybridized carbons (Fsp3) is 0.300. The Balaban J connectivity index is 2.70. The highest BCUT2D eigenvalue weighted by atomic mass is 79.9. The molecule has 0 spiro atoms. The molecule has 1 aromatic rings. The van der Waals surface area contributed by atoms with Crippen molar-refractivity contribution in [2.24, 2.45) is 0 Å². The van der Waals surface area contributed by atoms with Crippen LogP contribution in [0.5, 0.6) is 0 Å². The first-order valence-corrected chi connectivity index (χ1v) is 5.74. The summed E-state index contributed by atoms with van der Waals surface area (Å²) >= 11 is 8.85. The largest absolute Gasteiger partial charge is 0.390 e. The number of aliphatic hydroxyl groups excluding tert-OH is 1. The van der Waals surface area contributed by atoms with Crippen LogP contribution in [0.25, 0.3) is 0 Å². The van der Waals surface area contributed by atoms with Gasteiger partial charge in [0.1, 0.15) is 6.61 Å². The fourth-order valence-corrected chi connectivity index (χ4v) is 1.91. The minimum Gasteiger partial charge on any atom is -0.390 e. The first-order valence-electron chi connectivity index (χ1n) is 4.57. The number of nitrogens with one attached hydrogen (secondary N) is 1. The number of alkyl halides is 2. The summed E-state index contributed by atoms with van der Waals surface area (Å²) in [5.41, 5.74) is 0.165. The lowest BCUT2D eigenvalue weighted by atomic mass is 10.2. The van der Waals surface area contributed by atoms with Gasteiger partial charge in [0.2, 0.25) is 0 Å². The van der Waals surface area contributed by atoms with E-state index in [0.29, 0.717) is 9.50 Å². The van der Waals surface area contributed by atoms with Crippen LogP contribution in [0.4, 0.5) is 8.78 Å². The van der Waals surface area contributed by atoms with Crippen molar-refractivity contribution in [1.82, 2.24) is 5.32 Å². The molecule has 0 fully saturated rings. The molecule has 1 aromatic carbocycles. The Morgan fingerprint density at radius 3 is 2.65 bits per heavy atom. The Kier molecular flexibility index (Phi) is 4.85. The maximum Gasteiger partial charge on any atom is 0.287 e. The summed E-state index contributed by atoms with van der Waals surface area (Å²) < 4.78 is 25.9. The summed E-state index contributed by atoms with van der Waals surface area (Å²) in [5.74, 6) is -4.01. The normalized spacial score (nSPS) is 11.4. The van der Waals surface area contributed by atoms with Crippen molar-refractivity contribution in [2.75, 3.05) is 13.2 Å². The van der Waals surface area contributed by atoms with Gasteiger partial charge < -0.3 is 10.4 Å². The molecule has 0 heterocycles. The molecule has 2 N–H and O–H groups in total. The second-order valence-electron chi connectivity index (χ2n) is 3.35. The lowest BCUT2D eigenvalue weighted by Crippen LogP contribution is -2.38. The van der Waals surface area contributed by atoms with Crippen molar-refractivity contribution in [1.29, 1.82) is 0 Å². The fourth-order valence-electron chi connectivity index (χ4n) is 1.05. The van der Waals surface area contributed by atoms with E-state index in [1.54, 1.807) is 6.07 Å². The number of amides is 1. The summed E-state index contributed by atoms with van der Waals surface area (Å²) in [6, 6.07) is 4.39. The maximum atomic E-state index is 12.7. The van der Waals surface area contributed by atoms with E-state index in [9.17, 15) is 13.6 Å². The van der Waals surface area contributed by atoms with Crippen LogP contribution < -0.4 is 5.32 Å². The molecule has 0 aliphatic carbocycles. The summed E-state index contributed by atoms with van der Waals surface area (Å²) in [7, 11) is 0. The molecule has 0 saturated carbocycles. The molecular weight excluding hydrogens is 319 g/mol. The van der Waals surface area contributed by atoms with Crippen molar-refractivity contribution in [3.8, 4) is 0 Å². The smallest absolute Gasteiger partial charge is 0.287 e. The molecule has 0 aliphatic heterocycles. The summed E-state index contributed by atoms with van der Waals surface area (Å²) in [6.07, 6.45) is 0. The molecule has 1 amide bonds. The van der Waals surface area contributed by atoms with E-state index in [-0.39, 0.29) is 5.56 Å². The van der Waals surface area contributed by atoms with Gasteiger partial charge in [-0.1, -0.05) is 27.5 Å². The molecule has 0 bridgehead atoms. The molecule has 0 radical (unpaired) electrons. The second kappa shape index (κ2) is 5.75. The highest BCUT2D eigenvalue weighted by Crippen LogP contribution is 2.19. The number of rotatable bonds is 4. The SMILES string of the molecule is O=C(NCC(F)(F)CO)c1cc(Cl)cc(Br)c1. The van der Waals surface area contributed by atoms with Crippen molar-refractivity contribution in [3.05, 3.63) is 33.3 Å². The predicted octanol–water partition coefficient (Wildman–Crippen LogP) is 2.46. The highest BCUT2D eigenvalue weighted by Gasteiger charge is 2.28. The Labute approximate surface area is 110 Å². The molecular formula is C10H9BrClF2NO2. The monoisotopic (exact) mass is 327 g/mol. The Morgan fingerprint density at radius 1 is 1.47 bits per heavy atom. The van der Waals surface area contributed by atoms with Crippen LogP contribution in [-0.2, 0) is 0 Å². The van der Waals surface area contributed by atoms with E-state index in [2.05, 4.69) is 15.9 Å². The number of carbonyl (C=O) groups is 1. The third-order valence-electron chi connectivity index (χ3n) is 1.86. The third kappa shape index (κ3) is 4.57. The number of aliphatic hydroxyl groups is 1. The van der Waals surface area contributed by atoms with E-state index in [1.165, 1.54) is 12.1 Å². The van der Waals surface area contributed by atoms with Gasteiger partial charge in [-0.25, -0.2) is 8.78 Å². The van der Waals surface area contributed by atoms with Gasteiger partial charge in [-0.05, 0) is 18.2 Å². The van der Waals surface area contributed by atoms with Crippen molar-refractivity contribution in [2.45, 2.75) is 5.92 Å². The second-order valence-corrected chi connectivity index (χ2v) is 4.71. The summed E-state index contributed by atoms with van der Waals surface area (Å²) in [4.78, 5) is 11.5. The van der Waals surface area contributed by atoms with Gasteiger partial charge in [0.05, 0.1) is 6.54 Å². The molecule has 3 nitrogen and oxygen atoms in total. The molecule has 0 aromatic heterocycles. The van der Waals surface area contributed by atoms with Gasteiger partial charge in [-0.15, -0.1) is 0 Å². The van der Waals surface area contributed by atoms with Gasteiger partial charge in [0.25, 0.3) is 11.8 Å². The lowest BCUT2D eigenvalue weighted by molar-refractivity contribution is -0.0462. The van der Waals surface area contributed by atoms with Crippen LogP contribution in [0.1, 0.15) is 10.4 Å². The van der Waals surface area contributed by atoms with Crippen LogP contribution in [0.15, 0.2) is 22.7 Å². The average molecular weight is 329 g/mol. The number of benzene rings is 1. The standard InChI is InChI=1S/C10H9BrClF2NO2/c11-7-1-6(2-8(12)3-7)9(17)15-4-10(13,14)5-16/h1-3,16H,4-5H2,(H,15,17). The van der Waals surface area contributed by atoms with Crippen LogP contribution in [0.3, 0.4) is 0 Å². The average Bonchev–Trinajstić information content (AvgIpc) is 2.24. The molecule has 0 aliphatic rings. The van der Waals surface area contributed by atoms with E-state index in [0.717, 1.165) is 0 Å². The number of hydrogen-bond donors (Lipinski definition) is 2. The maximum absolute atomic E-state index is 12.7. The Hall–Kier alpha value is -0.720. The van der Waals surface area contributed by atoms with Gasteiger partial charge in [0.15, 0.2) is 0 Å². The predicted molar refractivity (Wildman–Crippen MR) is 63.5 cm³/mol. The molecule has 1 rings (SSSR count). The van der Waals surface area contributed by atoms with Gasteiger partial charge in [-0.3, -0.25) is 4.79 Å². The van der Waals surface area contributed by atoms with Crippen molar-refractivity contribution >= 4 is 33.4 Å². The van der Waals surface area contributed by atoms with E-state index in [1.807, 2.05) is 5.32 Å². The van der Waals surface area contributed by atoms with E-state index < -0.39 is 25.0 Å². The van der Waals surface area contributed by atoms with Crippen molar-refractivity contribution in [3.63, 3.8) is 0 Å². The minimum absolute atomic E-state index is 0.165. The highest BCUT2D eigenvalue weighted by molar-refractivity contribution is 9.10. The number of hydrogen-bond acceptors (Lipinski definition) is 2. The van der Waals surface area contributed by atoms with Crippen LogP contribution in [0, 0.1) is 0 Å². The molecule has 94 valence electrons. The number of halogens is 4. The van der Waals surface area contributed by atoms with E-state index in [4.69, 9.17) is 16.7 Å². The molecule has 0 saturated heterocycles. The molecule has 0 atom stereocenters. The van der Waals surface area contributed by atoms with Crippen molar-refractivity contribution < 1.29 is 18.7 Å². The zero-order valence-corrected chi connectivity index (χ0v) is 10.9. The quantitative estimate of drug-likeness (QED) is 0.892. The number of carbonyl (C=O) groups excluding carboxylic acids is 1. The molecule has 7 heteroatoms. The minimum atomic E-state index is -3.33. The lowest BCUT2D eigenvalue weighted by Gasteiger charge is -2.14.